The van der Waals surface area contributed by atoms with Gasteiger partial charge in [-0.05, 0) is 43.3 Å². The smallest absolute Gasteiger partial charge is 0.434 e. The molecule has 31 heavy (non-hydrogen) atoms. The minimum atomic E-state index is -4.84. The van der Waals surface area contributed by atoms with E-state index < -0.39 is 29.3 Å². The number of carbonyl (C=O) groups excluding carboxylic acids is 2. The number of amides is 1. The summed E-state index contributed by atoms with van der Waals surface area (Å²) in [7, 11) is 1.44. The van der Waals surface area contributed by atoms with Crippen molar-refractivity contribution in [1.82, 2.24) is 9.78 Å². The van der Waals surface area contributed by atoms with Crippen LogP contribution in [0, 0.1) is 0 Å². The van der Waals surface area contributed by atoms with Gasteiger partial charge in [0.05, 0.1) is 31.2 Å². The number of nitrogens with zero attached hydrogens (tertiary/aromatic N) is 2. The van der Waals surface area contributed by atoms with Gasteiger partial charge in [-0.15, -0.1) is 0 Å². The summed E-state index contributed by atoms with van der Waals surface area (Å²) in [6.45, 7) is 1.43. The first-order chi connectivity index (χ1) is 14.8. The van der Waals surface area contributed by atoms with Crippen LogP contribution in [0.1, 0.15) is 33.3 Å². The molecule has 1 N–H and O–H groups in total. The van der Waals surface area contributed by atoms with E-state index in [2.05, 4.69) is 15.2 Å². The highest BCUT2D eigenvalue weighted by Gasteiger charge is 2.41. The lowest BCUT2D eigenvalue weighted by atomic mass is 10.2. The van der Waals surface area contributed by atoms with Crippen LogP contribution in [0.2, 0.25) is 0 Å². The average molecular weight is 433 g/mol. The van der Waals surface area contributed by atoms with Crippen molar-refractivity contribution in [2.45, 2.75) is 13.1 Å². The molecule has 0 atom stereocenters. The molecule has 2 aromatic carbocycles. The number of aromatic nitrogens is 2. The Hall–Kier alpha value is -3.82. The molecule has 3 rings (SSSR count). The molecule has 0 bridgehead atoms. The van der Waals surface area contributed by atoms with Gasteiger partial charge in [-0.3, -0.25) is 4.79 Å². The molecule has 0 fully saturated rings. The minimum absolute atomic E-state index is 0.0539. The number of methoxy groups -OCH3 is 1. The number of ether oxygens (including phenoxy) is 2. The summed E-state index contributed by atoms with van der Waals surface area (Å²) >= 11 is 0. The lowest BCUT2D eigenvalue weighted by Crippen LogP contribution is -2.18. The number of hydrogen-bond donors (Lipinski definition) is 1. The van der Waals surface area contributed by atoms with Gasteiger partial charge in [0.2, 0.25) is 0 Å². The van der Waals surface area contributed by atoms with Gasteiger partial charge in [-0.1, -0.05) is 12.1 Å². The number of esters is 1. The van der Waals surface area contributed by atoms with E-state index in [-0.39, 0.29) is 12.3 Å². The van der Waals surface area contributed by atoms with E-state index in [1.54, 1.807) is 24.3 Å². The fourth-order valence-corrected chi connectivity index (χ4v) is 2.89. The van der Waals surface area contributed by atoms with Crippen molar-refractivity contribution >= 4 is 17.6 Å². The number of nitrogens with one attached hydrogen (secondary N) is 1. The van der Waals surface area contributed by atoms with Gasteiger partial charge in [0.15, 0.2) is 5.69 Å². The summed E-state index contributed by atoms with van der Waals surface area (Å²) in [6, 6.07) is 12.1. The van der Waals surface area contributed by atoms with E-state index in [0.29, 0.717) is 21.7 Å². The van der Waals surface area contributed by atoms with Gasteiger partial charge in [-0.25, -0.2) is 9.48 Å². The van der Waals surface area contributed by atoms with Crippen molar-refractivity contribution in [2.75, 3.05) is 19.0 Å². The van der Waals surface area contributed by atoms with Crippen LogP contribution in [0.15, 0.2) is 54.7 Å². The molecule has 0 radical (unpaired) electrons. The predicted octanol–water partition coefficient (Wildman–Crippen LogP) is 4.33. The molecular formula is C21H18F3N3O4. The van der Waals surface area contributed by atoms with Crippen LogP contribution in [-0.2, 0) is 10.9 Å². The minimum Gasteiger partial charge on any atom is -0.496 e. The van der Waals surface area contributed by atoms with Crippen molar-refractivity contribution in [1.29, 1.82) is 0 Å². The lowest BCUT2D eigenvalue weighted by Gasteiger charge is -2.13. The van der Waals surface area contributed by atoms with Crippen molar-refractivity contribution in [3.63, 3.8) is 0 Å². The van der Waals surface area contributed by atoms with Crippen molar-refractivity contribution in [3.8, 4) is 11.4 Å². The zero-order valence-electron chi connectivity index (χ0n) is 16.6. The average Bonchev–Trinajstić information content (AvgIpc) is 3.20. The highest BCUT2D eigenvalue weighted by atomic mass is 19.4. The van der Waals surface area contributed by atoms with Gasteiger partial charge < -0.3 is 14.8 Å². The van der Waals surface area contributed by atoms with E-state index in [9.17, 15) is 22.8 Å². The number of para-hydroxylation sites is 1. The number of hydrogen-bond acceptors (Lipinski definition) is 5. The summed E-state index contributed by atoms with van der Waals surface area (Å²) in [5, 5.41) is 6.36. The van der Waals surface area contributed by atoms with Crippen molar-refractivity contribution in [3.05, 3.63) is 71.5 Å². The third kappa shape index (κ3) is 4.68. The molecule has 3 aromatic rings. The second-order valence-electron chi connectivity index (χ2n) is 6.24. The molecule has 0 aliphatic carbocycles. The number of halogens is 3. The molecule has 0 saturated carbocycles. The van der Waals surface area contributed by atoms with Crippen LogP contribution in [0.3, 0.4) is 0 Å². The maximum atomic E-state index is 13.6. The summed E-state index contributed by atoms with van der Waals surface area (Å²) in [5.41, 5.74) is -1.21. The monoisotopic (exact) mass is 433 g/mol. The van der Waals surface area contributed by atoms with Crippen LogP contribution >= 0.6 is 0 Å². The summed E-state index contributed by atoms with van der Waals surface area (Å²) < 4.78 is 51.2. The van der Waals surface area contributed by atoms with Gasteiger partial charge in [0, 0.05) is 5.69 Å². The van der Waals surface area contributed by atoms with Crippen molar-refractivity contribution in [2.24, 2.45) is 0 Å². The largest absolute Gasteiger partial charge is 0.496 e. The standard InChI is InChI=1S/C21H18F3N3O4/c1-3-31-20(29)16-12-25-27(18(16)21(22,23)24)14-10-8-13(9-11-14)26-19(28)15-6-4-5-7-17(15)30-2/h4-12H,3H2,1-2H3,(H,26,28). The maximum absolute atomic E-state index is 13.6. The molecule has 10 heteroatoms. The first-order valence-electron chi connectivity index (χ1n) is 9.13. The first kappa shape index (κ1) is 21.9. The summed E-state index contributed by atoms with van der Waals surface area (Å²) in [4.78, 5) is 24.4. The van der Waals surface area contributed by atoms with Crippen molar-refractivity contribution < 1.29 is 32.2 Å². The molecule has 1 amide bonds. The SMILES string of the molecule is CCOC(=O)c1cnn(-c2ccc(NC(=O)c3ccccc3OC)cc2)c1C(F)(F)F. The van der Waals surface area contributed by atoms with Crippen LogP contribution in [0.5, 0.6) is 5.75 Å². The molecule has 0 saturated heterocycles. The Morgan fingerprint density at radius 1 is 1.06 bits per heavy atom. The number of anilines is 1. The maximum Gasteiger partial charge on any atom is 0.434 e. The highest BCUT2D eigenvalue weighted by molar-refractivity contribution is 6.06. The Kier molecular flexibility index (Phi) is 6.28. The molecule has 0 unspecified atom stereocenters. The summed E-state index contributed by atoms with van der Waals surface area (Å²) in [6.07, 6.45) is -4.02. The first-order valence-corrected chi connectivity index (χ1v) is 9.13. The molecule has 1 heterocycles. The Morgan fingerprint density at radius 2 is 1.74 bits per heavy atom. The predicted molar refractivity (Wildman–Crippen MR) is 105 cm³/mol. The molecule has 162 valence electrons. The third-order valence-electron chi connectivity index (χ3n) is 4.25. The van der Waals surface area contributed by atoms with Gasteiger partial charge in [0.1, 0.15) is 11.3 Å². The number of benzene rings is 2. The Morgan fingerprint density at radius 3 is 2.35 bits per heavy atom. The number of rotatable bonds is 6. The molecule has 7 nitrogen and oxygen atoms in total. The normalized spacial score (nSPS) is 11.1. The zero-order chi connectivity index (χ0) is 22.6. The van der Waals surface area contributed by atoms with Crippen LogP contribution in [-0.4, -0.2) is 35.4 Å². The Bertz CT molecular complexity index is 1090. The zero-order valence-corrected chi connectivity index (χ0v) is 16.6. The van der Waals surface area contributed by atoms with Crippen LogP contribution in [0.25, 0.3) is 5.69 Å². The Balaban J connectivity index is 1.88. The quantitative estimate of drug-likeness (QED) is 0.585. The molecular weight excluding hydrogens is 415 g/mol. The number of carbonyl (C=O) groups is 2. The fraction of sp³-hybridized carbons (Fsp3) is 0.190. The summed E-state index contributed by atoms with van der Waals surface area (Å²) in [5.74, 6) is -1.17. The van der Waals surface area contributed by atoms with Gasteiger partial charge in [0.25, 0.3) is 5.91 Å². The van der Waals surface area contributed by atoms with E-state index >= 15 is 0 Å². The fourth-order valence-electron chi connectivity index (χ4n) is 2.89. The molecule has 0 aliphatic rings. The molecule has 0 spiro atoms. The Labute approximate surface area is 175 Å². The second kappa shape index (κ2) is 8.90. The van der Waals surface area contributed by atoms with E-state index in [1.165, 1.54) is 38.3 Å². The lowest BCUT2D eigenvalue weighted by molar-refractivity contribution is -0.143. The van der Waals surface area contributed by atoms with E-state index in [1.807, 2.05) is 0 Å². The number of alkyl halides is 3. The van der Waals surface area contributed by atoms with Crippen LogP contribution in [0.4, 0.5) is 18.9 Å². The molecule has 0 aliphatic heterocycles. The second-order valence-corrected chi connectivity index (χ2v) is 6.24. The van der Waals surface area contributed by atoms with E-state index in [0.717, 1.165) is 6.20 Å². The highest BCUT2D eigenvalue weighted by Crippen LogP contribution is 2.34. The van der Waals surface area contributed by atoms with E-state index in [4.69, 9.17) is 4.74 Å². The molecule has 1 aromatic heterocycles. The van der Waals surface area contributed by atoms with Gasteiger partial charge >= 0.3 is 12.1 Å². The third-order valence-corrected chi connectivity index (χ3v) is 4.25. The topological polar surface area (TPSA) is 82.5 Å². The van der Waals surface area contributed by atoms with Crippen LogP contribution < -0.4 is 10.1 Å². The van der Waals surface area contributed by atoms with Gasteiger partial charge in [-0.2, -0.15) is 18.3 Å².